The summed E-state index contributed by atoms with van der Waals surface area (Å²) in [4.78, 5) is 0. The molecule has 0 atom stereocenters. The van der Waals surface area contributed by atoms with Crippen molar-refractivity contribution in [2.75, 3.05) is 0 Å². The smallest absolute Gasteiger partial charge is 0.141 e. The number of benzene rings is 2. The van der Waals surface area contributed by atoms with Gasteiger partial charge in [-0.15, -0.1) is 0 Å². The van der Waals surface area contributed by atoms with E-state index in [9.17, 15) is 0 Å². The topological polar surface area (TPSA) is 29.5 Å². The minimum Gasteiger partial charge on any atom is -0.456 e. The van der Waals surface area contributed by atoms with Crippen LogP contribution in [0.5, 0.6) is 11.5 Å². The van der Waals surface area contributed by atoms with E-state index in [1.165, 1.54) is 5.56 Å². The number of aliphatic hydroxyl groups is 1. The van der Waals surface area contributed by atoms with Crippen LogP contribution >= 0.6 is 15.9 Å². The summed E-state index contributed by atoms with van der Waals surface area (Å²) >= 11 is 3.47. The molecule has 0 aliphatic rings. The minimum atomic E-state index is 0.0501. The van der Waals surface area contributed by atoms with Crippen LogP contribution in [0, 0.1) is 6.92 Å². The van der Waals surface area contributed by atoms with Crippen LogP contribution in [-0.4, -0.2) is 5.11 Å². The molecule has 0 saturated heterocycles. The molecule has 0 heterocycles. The van der Waals surface area contributed by atoms with Gasteiger partial charge in [0.25, 0.3) is 0 Å². The van der Waals surface area contributed by atoms with E-state index in [1.54, 1.807) is 0 Å². The Kier molecular flexibility index (Phi) is 3.82. The minimum absolute atomic E-state index is 0.0501. The Morgan fingerprint density at radius 2 is 1.82 bits per heavy atom. The lowest BCUT2D eigenvalue weighted by atomic mass is 10.2. The molecule has 0 spiro atoms. The lowest BCUT2D eigenvalue weighted by Gasteiger charge is -2.08. The molecule has 0 saturated carbocycles. The molecule has 2 aromatic rings. The fraction of sp³-hybridized carbons (Fsp3) is 0.143. The maximum Gasteiger partial charge on any atom is 0.141 e. The first-order chi connectivity index (χ1) is 8.19. The predicted octanol–water partition coefficient (Wildman–Crippen LogP) is 4.04. The van der Waals surface area contributed by atoms with Crippen LogP contribution in [0.25, 0.3) is 0 Å². The molecule has 0 bridgehead atoms. The fourth-order valence-corrected chi connectivity index (χ4v) is 2.05. The Morgan fingerprint density at radius 1 is 1.12 bits per heavy atom. The van der Waals surface area contributed by atoms with Crippen molar-refractivity contribution in [1.82, 2.24) is 0 Å². The van der Waals surface area contributed by atoms with Crippen LogP contribution in [0.15, 0.2) is 46.9 Å². The number of aliphatic hydroxyl groups excluding tert-OH is 1. The molecule has 3 heteroatoms. The summed E-state index contributed by atoms with van der Waals surface area (Å²) in [6.07, 6.45) is 0. The van der Waals surface area contributed by atoms with Crippen LogP contribution in [0.1, 0.15) is 11.1 Å². The predicted molar refractivity (Wildman–Crippen MR) is 71.3 cm³/mol. The zero-order valence-corrected chi connectivity index (χ0v) is 11.1. The van der Waals surface area contributed by atoms with E-state index in [4.69, 9.17) is 9.84 Å². The zero-order chi connectivity index (χ0) is 12.3. The second-order valence-corrected chi connectivity index (χ2v) is 4.69. The molecule has 0 radical (unpaired) electrons. The summed E-state index contributed by atoms with van der Waals surface area (Å²) < 4.78 is 6.67. The van der Waals surface area contributed by atoms with E-state index >= 15 is 0 Å². The molecule has 1 N–H and O–H groups in total. The van der Waals surface area contributed by atoms with Gasteiger partial charge < -0.3 is 9.84 Å². The number of aryl methyl sites for hydroxylation is 1. The SMILES string of the molecule is Cc1ccc(Oc2ccc(CO)cc2)c(Br)c1. The summed E-state index contributed by atoms with van der Waals surface area (Å²) in [5.41, 5.74) is 2.06. The average molecular weight is 293 g/mol. The van der Waals surface area contributed by atoms with E-state index in [-0.39, 0.29) is 6.61 Å². The number of halogens is 1. The molecule has 2 aromatic carbocycles. The number of hydrogen-bond acceptors (Lipinski definition) is 2. The maximum atomic E-state index is 8.94. The molecule has 2 nitrogen and oxygen atoms in total. The number of rotatable bonds is 3. The van der Waals surface area contributed by atoms with Crippen LogP contribution < -0.4 is 4.74 Å². The highest BCUT2D eigenvalue weighted by Crippen LogP contribution is 2.30. The van der Waals surface area contributed by atoms with Gasteiger partial charge >= 0.3 is 0 Å². The van der Waals surface area contributed by atoms with Crippen molar-refractivity contribution >= 4 is 15.9 Å². The van der Waals surface area contributed by atoms with Crippen molar-refractivity contribution < 1.29 is 9.84 Å². The largest absolute Gasteiger partial charge is 0.456 e. The molecule has 0 aromatic heterocycles. The van der Waals surface area contributed by atoms with Gasteiger partial charge in [-0.25, -0.2) is 0 Å². The maximum absolute atomic E-state index is 8.94. The number of ether oxygens (including phenoxy) is 1. The molecule has 88 valence electrons. The molecular weight excluding hydrogens is 280 g/mol. The van der Waals surface area contributed by atoms with Gasteiger partial charge in [0.1, 0.15) is 11.5 Å². The lowest BCUT2D eigenvalue weighted by Crippen LogP contribution is -1.87. The van der Waals surface area contributed by atoms with Crippen molar-refractivity contribution in [2.45, 2.75) is 13.5 Å². The Bertz CT molecular complexity index is 506. The van der Waals surface area contributed by atoms with E-state index in [0.29, 0.717) is 0 Å². The standard InChI is InChI=1S/C14H13BrO2/c1-10-2-7-14(13(15)8-10)17-12-5-3-11(9-16)4-6-12/h2-8,16H,9H2,1H3. The summed E-state index contributed by atoms with van der Waals surface area (Å²) in [5.74, 6) is 1.54. The first kappa shape index (κ1) is 12.1. The molecule has 0 unspecified atom stereocenters. The van der Waals surface area contributed by atoms with Gasteiger partial charge in [0.2, 0.25) is 0 Å². The zero-order valence-electron chi connectivity index (χ0n) is 9.48. The van der Waals surface area contributed by atoms with Gasteiger partial charge in [-0.1, -0.05) is 18.2 Å². The third-order valence-electron chi connectivity index (χ3n) is 2.42. The van der Waals surface area contributed by atoms with Crippen molar-refractivity contribution in [3.63, 3.8) is 0 Å². The summed E-state index contributed by atoms with van der Waals surface area (Å²) in [6, 6.07) is 13.3. The van der Waals surface area contributed by atoms with Crippen molar-refractivity contribution in [3.05, 3.63) is 58.1 Å². The first-order valence-corrected chi connectivity index (χ1v) is 6.12. The lowest BCUT2D eigenvalue weighted by molar-refractivity contribution is 0.281. The molecule has 0 aliphatic heterocycles. The molecular formula is C14H13BrO2. The number of hydrogen-bond donors (Lipinski definition) is 1. The fourth-order valence-electron chi connectivity index (χ4n) is 1.48. The highest BCUT2D eigenvalue weighted by molar-refractivity contribution is 9.10. The van der Waals surface area contributed by atoms with Gasteiger partial charge in [-0.2, -0.15) is 0 Å². The van der Waals surface area contributed by atoms with Gasteiger partial charge in [0.05, 0.1) is 11.1 Å². The third-order valence-corrected chi connectivity index (χ3v) is 3.04. The van der Waals surface area contributed by atoms with Crippen molar-refractivity contribution in [2.24, 2.45) is 0 Å². The van der Waals surface area contributed by atoms with Crippen LogP contribution in [-0.2, 0) is 6.61 Å². The summed E-state index contributed by atoms with van der Waals surface area (Å²) in [7, 11) is 0. The van der Waals surface area contributed by atoms with E-state index in [0.717, 1.165) is 21.5 Å². The normalized spacial score (nSPS) is 10.3. The van der Waals surface area contributed by atoms with E-state index < -0.39 is 0 Å². The van der Waals surface area contributed by atoms with Crippen LogP contribution in [0.3, 0.4) is 0 Å². The Balaban J connectivity index is 2.19. The molecule has 0 aliphatic carbocycles. The van der Waals surface area contributed by atoms with Crippen molar-refractivity contribution in [1.29, 1.82) is 0 Å². The molecule has 0 amide bonds. The van der Waals surface area contributed by atoms with Gasteiger partial charge in [0.15, 0.2) is 0 Å². The highest BCUT2D eigenvalue weighted by atomic mass is 79.9. The quantitative estimate of drug-likeness (QED) is 0.925. The third kappa shape index (κ3) is 3.08. The summed E-state index contributed by atoms with van der Waals surface area (Å²) in [5, 5.41) is 8.94. The Labute approximate surface area is 109 Å². The molecule has 2 rings (SSSR count). The van der Waals surface area contributed by atoms with Gasteiger partial charge in [0, 0.05) is 0 Å². The van der Waals surface area contributed by atoms with E-state index in [1.807, 2.05) is 49.4 Å². The second kappa shape index (κ2) is 5.34. The Hall–Kier alpha value is -1.32. The summed E-state index contributed by atoms with van der Waals surface area (Å²) in [6.45, 7) is 2.08. The average Bonchev–Trinajstić information content (AvgIpc) is 2.34. The van der Waals surface area contributed by atoms with Gasteiger partial charge in [-0.05, 0) is 58.2 Å². The molecule has 17 heavy (non-hydrogen) atoms. The van der Waals surface area contributed by atoms with Crippen molar-refractivity contribution in [3.8, 4) is 11.5 Å². The monoisotopic (exact) mass is 292 g/mol. The van der Waals surface area contributed by atoms with Crippen LogP contribution in [0.4, 0.5) is 0 Å². The first-order valence-electron chi connectivity index (χ1n) is 5.33. The highest BCUT2D eigenvalue weighted by Gasteiger charge is 2.02. The Morgan fingerprint density at radius 3 is 2.41 bits per heavy atom. The second-order valence-electron chi connectivity index (χ2n) is 3.84. The van der Waals surface area contributed by atoms with E-state index in [2.05, 4.69) is 15.9 Å². The van der Waals surface area contributed by atoms with Crippen LogP contribution in [0.2, 0.25) is 0 Å². The molecule has 0 fully saturated rings. The van der Waals surface area contributed by atoms with Gasteiger partial charge in [-0.3, -0.25) is 0 Å².